The van der Waals surface area contributed by atoms with E-state index in [2.05, 4.69) is 43.5 Å². The Morgan fingerprint density at radius 1 is 0.465 bits per heavy atom. The minimum atomic E-state index is -1.57. The molecule has 1 amide bonds. The maximum atomic E-state index is 13.1. The quantitative estimate of drug-likeness (QED) is 0.0261. The Balaban J connectivity index is 2.13. The summed E-state index contributed by atoms with van der Waals surface area (Å²) < 4.78 is 11.3. The molecule has 1 rings (SSSR count). The highest BCUT2D eigenvalue weighted by atomic mass is 16.7. The Morgan fingerprint density at radius 2 is 0.803 bits per heavy atom. The summed E-state index contributed by atoms with van der Waals surface area (Å²) in [5, 5.41) is 54.5. The number of hydrogen-bond acceptors (Lipinski definition) is 8. The van der Waals surface area contributed by atoms with Gasteiger partial charge in [-0.1, -0.05) is 281 Å². The maximum Gasteiger partial charge on any atom is 0.220 e. The van der Waals surface area contributed by atoms with Gasteiger partial charge in [-0.3, -0.25) is 4.79 Å². The van der Waals surface area contributed by atoms with Gasteiger partial charge in [0.1, 0.15) is 24.4 Å². The van der Waals surface area contributed by atoms with Crippen molar-refractivity contribution in [2.24, 2.45) is 0 Å². The summed E-state index contributed by atoms with van der Waals surface area (Å²) in [5.41, 5.74) is 0. The normalized spacial score (nSPS) is 19.5. The molecule has 1 heterocycles. The highest BCUT2D eigenvalue weighted by molar-refractivity contribution is 5.76. The molecular formula is C62H117NO8. The molecule has 0 aliphatic carbocycles. The molecule has 0 aromatic heterocycles. The SMILES string of the molecule is CCCCCCCC/C=C/CC/C=C/CC/C=C/C(O)C(COC1OC(CO)C(O)C(O)C1O)NC(=O)CCCCCCCCCCCCCCCCCCCCCCCCCCCCCCCCCC. The average Bonchev–Trinajstić information content (AvgIpc) is 3.37. The van der Waals surface area contributed by atoms with Gasteiger partial charge in [-0.25, -0.2) is 0 Å². The van der Waals surface area contributed by atoms with Crippen molar-refractivity contribution in [3.8, 4) is 0 Å². The topological polar surface area (TPSA) is 149 Å². The molecule has 71 heavy (non-hydrogen) atoms. The number of carbonyl (C=O) groups excluding carboxylic acids is 1. The van der Waals surface area contributed by atoms with Crippen LogP contribution in [0.1, 0.15) is 296 Å². The van der Waals surface area contributed by atoms with Gasteiger partial charge in [0.05, 0.1) is 25.4 Å². The summed E-state index contributed by atoms with van der Waals surface area (Å²) in [7, 11) is 0. The third-order valence-electron chi connectivity index (χ3n) is 14.7. The van der Waals surface area contributed by atoms with Gasteiger partial charge in [-0.15, -0.1) is 0 Å². The standard InChI is InChI=1S/C62H117NO8/c1-3-5-7-9-11-13-15-17-19-21-22-23-24-25-26-27-28-29-30-31-32-33-34-35-36-38-40-42-44-46-48-50-52-58(66)63-55(54-70-62-61(69)60(68)59(67)57(53-64)71-62)56(65)51-49-47-45-43-41-39-37-20-18-16-14-12-10-8-6-4-2/h18,20,41,43,49,51,55-57,59-62,64-65,67-69H,3-17,19,21-40,42,44-48,50,52-54H2,1-2H3,(H,63,66)/b20-18+,43-41+,51-49+. The van der Waals surface area contributed by atoms with Crippen LogP contribution in [0.25, 0.3) is 0 Å². The highest BCUT2D eigenvalue weighted by Gasteiger charge is 2.44. The van der Waals surface area contributed by atoms with Crippen LogP contribution >= 0.6 is 0 Å². The van der Waals surface area contributed by atoms with Crippen molar-refractivity contribution >= 4 is 5.91 Å². The van der Waals surface area contributed by atoms with E-state index < -0.39 is 49.5 Å². The van der Waals surface area contributed by atoms with Crippen molar-refractivity contribution in [3.63, 3.8) is 0 Å². The van der Waals surface area contributed by atoms with Gasteiger partial charge in [0.15, 0.2) is 6.29 Å². The Morgan fingerprint density at radius 3 is 1.18 bits per heavy atom. The Hall–Kier alpha value is -1.59. The van der Waals surface area contributed by atoms with Crippen LogP contribution in [-0.4, -0.2) is 87.5 Å². The van der Waals surface area contributed by atoms with E-state index >= 15 is 0 Å². The third-order valence-corrected chi connectivity index (χ3v) is 14.7. The lowest BCUT2D eigenvalue weighted by Crippen LogP contribution is -2.60. The first-order valence-electron chi connectivity index (χ1n) is 30.7. The van der Waals surface area contributed by atoms with Gasteiger partial charge in [0.25, 0.3) is 0 Å². The van der Waals surface area contributed by atoms with Gasteiger partial charge < -0.3 is 40.3 Å². The zero-order chi connectivity index (χ0) is 51.5. The number of nitrogens with one attached hydrogen (secondary N) is 1. The largest absolute Gasteiger partial charge is 0.394 e. The van der Waals surface area contributed by atoms with Crippen molar-refractivity contribution in [2.75, 3.05) is 13.2 Å². The maximum absolute atomic E-state index is 13.1. The minimum absolute atomic E-state index is 0.186. The van der Waals surface area contributed by atoms with Crippen molar-refractivity contribution in [3.05, 3.63) is 36.5 Å². The fraction of sp³-hybridized carbons (Fsp3) is 0.887. The summed E-state index contributed by atoms with van der Waals surface area (Å²) in [6, 6.07) is -0.826. The number of aliphatic hydroxyl groups is 5. The van der Waals surface area contributed by atoms with Gasteiger partial charge in [-0.05, 0) is 44.9 Å². The van der Waals surface area contributed by atoms with Crippen LogP contribution in [0.3, 0.4) is 0 Å². The molecule has 0 aromatic carbocycles. The lowest BCUT2D eigenvalue weighted by atomic mass is 9.99. The molecule has 0 radical (unpaired) electrons. The summed E-state index contributed by atoms with van der Waals surface area (Å²) >= 11 is 0. The summed E-state index contributed by atoms with van der Waals surface area (Å²) in [6.07, 6.45) is 61.0. The molecule has 1 fully saturated rings. The number of unbranched alkanes of at least 4 members (excludes halogenated alkanes) is 39. The van der Waals surface area contributed by atoms with Crippen LogP contribution < -0.4 is 5.32 Å². The summed E-state index contributed by atoms with van der Waals surface area (Å²) in [5.74, 6) is -0.186. The lowest BCUT2D eigenvalue weighted by molar-refractivity contribution is -0.302. The van der Waals surface area contributed by atoms with E-state index in [1.165, 1.54) is 225 Å². The molecule has 7 unspecified atom stereocenters. The molecule has 1 aliphatic rings. The zero-order valence-electron chi connectivity index (χ0n) is 46.5. The third kappa shape index (κ3) is 41.4. The molecular weight excluding hydrogens is 887 g/mol. The van der Waals surface area contributed by atoms with E-state index in [9.17, 15) is 30.3 Å². The van der Waals surface area contributed by atoms with Gasteiger partial charge in [0.2, 0.25) is 5.91 Å². The van der Waals surface area contributed by atoms with Crippen LogP contribution in [-0.2, 0) is 14.3 Å². The van der Waals surface area contributed by atoms with Crippen LogP contribution in [0.4, 0.5) is 0 Å². The fourth-order valence-corrected chi connectivity index (χ4v) is 9.84. The molecule has 7 atom stereocenters. The Labute approximate surface area is 438 Å². The van der Waals surface area contributed by atoms with E-state index in [-0.39, 0.29) is 12.5 Å². The first-order valence-corrected chi connectivity index (χ1v) is 30.7. The Kier molecular flexibility index (Phi) is 49.3. The Bertz CT molecular complexity index is 1210. The van der Waals surface area contributed by atoms with E-state index in [1.54, 1.807) is 6.08 Å². The summed E-state index contributed by atoms with van der Waals surface area (Å²) in [6.45, 7) is 3.78. The van der Waals surface area contributed by atoms with Gasteiger partial charge in [0, 0.05) is 6.42 Å². The first kappa shape index (κ1) is 67.4. The van der Waals surface area contributed by atoms with E-state index in [4.69, 9.17) is 9.47 Å². The molecule has 9 nitrogen and oxygen atoms in total. The monoisotopic (exact) mass is 1000 g/mol. The van der Waals surface area contributed by atoms with Crippen LogP contribution in [0.2, 0.25) is 0 Å². The van der Waals surface area contributed by atoms with E-state index in [0.29, 0.717) is 6.42 Å². The highest BCUT2D eigenvalue weighted by Crippen LogP contribution is 2.23. The van der Waals surface area contributed by atoms with Crippen LogP contribution in [0.15, 0.2) is 36.5 Å². The number of hydrogen-bond donors (Lipinski definition) is 6. The number of aliphatic hydroxyl groups excluding tert-OH is 5. The molecule has 0 saturated carbocycles. The smallest absolute Gasteiger partial charge is 0.220 e. The van der Waals surface area contributed by atoms with Crippen molar-refractivity contribution in [1.82, 2.24) is 5.32 Å². The number of allylic oxidation sites excluding steroid dienone is 5. The van der Waals surface area contributed by atoms with Crippen molar-refractivity contribution < 1.29 is 39.8 Å². The lowest BCUT2D eigenvalue weighted by Gasteiger charge is -2.40. The van der Waals surface area contributed by atoms with Crippen molar-refractivity contribution in [1.29, 1.82) is 0 Å². The molecule has 1 aliphatic heterocycles. The molecule has 418 valence electrons. The van der Waals surface area contributed by atoms with Crippen molar-refractivity contribution in [2.45, 2.75) is 339 Å². The molecule has 1 saturated heterocycles. The molecule has 6 N–H and O–H groups in total. The fourth-order valence-electron chi connectivity index (χ4n) is 9.84. The number of amides is 1. The van der Waals surface area contributed by atoms with E-state index in [1.807, 2.05) is 6.08 Å². The minimum Gasteiger partial charge on any atom is -0.394 e. The van der Waals surface area contributed by atoms with Gasteiger partial charge in [-0.2, -0.15) is 0 Å². The van der Waals surface area contributed by atoms with Crippen LogP contribution in [0.5, 0.6) is 0 Å². The number of rotatable bonds is 53. The molecule has 0 bridgehead atoms. The predicted molar refractivity (Wildman–Crippen MR) is 300 cm³/mol. The van der Waals surface area contributed by atoms with Crippen LogP contribution in [0, 0.1) is 0 Å². The molecule has 0 spiro atoms. The summed E-state index contributed by atoms with van der Waals surface area (Å²) in [4.78, 5) is 13.1. The second-order valence-electron chi connectivity index (χ2n) is 21.5. The number of ether oxygens (including phenoxy) is 2. The average molecular weight is 1000 g/mol. The van der Waals surface area contributed by atoms with Gasteiger partial charge >= 0.3 is 0 Å². The zero-order valence-corrected chi connectivity index (χ0v) is 46.5. The predicted octanol–water partition coefficient (Wildman–Crippen LogP) is 15.5. The number of carbonyl (C=O) groups is 1. The molecule has 9 heteroatoms. The second kappa shape index (κ2) is 51.9. The molecule has 0 aromatic rings. The van der Waals surface area contributed by atoms with E-state index in [0.717, 1.165) is 51.4 Å². The first-order chi connectivity index (χ1) is 34.8. The second-order valence-corrected chi connectivity index (χ2v) is 21.5.